The molecule has 2 aromatic heterocycles. The minimum atomic E-state index is 0.557. The SMILES string of the molecule is Nc1cc(-c2ccccc2Cl)nn1-c1ccncc1. The molecule has 3 aromatic rings. The highest BCUT2D eigenvalue weighted by Crippen LogP contribution is 2.28. The first-order chi connectivity index (χ1) is 9.25. The Morgan fingerprint density at radius 2 is 1.79 bits per heavy atom. The van der Waals surface area contributed by atoms with Crippen LogP contribution in [-0.2, 0) is 0 Å². The molecule has 0 fully saturated rings. The number of rotatable bonds is 2. The highest BCUT2D eigenvalue weighted by atomic mass is 35.5. The minimum Gasteiger partial charge on any atom is -0.384 e. The van der Waals surface area contributed by atoms with Crippen LogP contribution in [0, 0.1) is 0 Å². The van der Waals surface area contributed by atoms with Crippen molar-refractivity contribution in [2.45, 2.75) is 0 Å². The number of pyridine rings is 1. The van der Waals surface area contributed by atoms with Crippen LogP contribution < -0.4 is 5.73 Å². The van der Waals surface area contributed by atoms with Crippen LogP contribution in [0.2, 0.25) is 5.02 Å². The number of hydrogen-bond donors (Lipinski definition) is 1. The molecule has 0 amide bonds. The summed E-state index contributed by atoms with van der Waals surface area (Å²) in [5.74, 6) is 0.557. The molecule has 19 heavy (non-hydrogen) atoms. The van der Waals surface area contributed by atoms with Crippen molar-refractivity contribution in [1.29, 1.82) is 0 Å². The minimum absolute atomic E-state index is 0.557. The van der Waals surface area contributed by atoms with E-state index in [9.17, 15) is 0 Å². The fraction of sp³-hybridized carbons (Fsp3) is 0. The van der Waals surface area contributed by atoms with Crippen molar-refractivity contribution in [2.75, 3.05) is 5.73 Å². The Morgan fingerprint density at radius 3 is 2.53 bits per heavy atom. The topological polar surface area (TPSA) is 56.7 Å². The lowest BCUT2D eigenvalue weighted by atomic mass is 10.1. The van der Waals surface area contributed by atoms with Crippen molar-refractivity contribution in [1.82, 2.24) is 14.8 Å². The monoisotopic (exact) mass is 270 g/mol. The lowest BCUT2D eigenvalue weighted by molar-refractivity contribution is 0.892. The fourth-order valence-corrected chi connectivity index (χ4v) is 2.12. The van der Waals surface area contributed by atoms with Gasteiger partial charge >= 0.3 is 0 Å². The van der Waals surface area contributed by atoms with Gasteiger partial charge in [0.05, 0.1) is 16.4 Å². The number of benzene rings is 1. The van der Waals surface area contributed by atoms with Gasteiger partial charge in [-0.05, 0) is 18.2 Å². The fourth-order valence-electron chi connectivity index (χ4n) is 1.89. The molecule has 0 saturated heterocycles. The number of anilines is 1. The molecule has 0 atom stereocenters. The highest BCUT2D eigenvalue weighted by Gasteiger charge is 2.10. The Kier molecular flexibility index (Phi) is 2.93. The van der Waals surface area contributed by atoms with Gasteiger partial charge in [-0.25, -0.2) is 4.68 Å². The first-order valence-electron chi connectivity index (χ1n) is 5.76. The smallest absolute Gasteiger partial charge is 0.127 e. The second kappa shape index (κ2) is 4.74. The predicted octanol–water partition coefficient (Wildman–Crippen LogP) is 3.17. The van der Waals surface area contributed by atoms with Crippen molar-refractivity contribution >= 4 is 17.4 Å². The molecule has 0 saturated carbocycles. The summed E-state index contributed by atoms with van der Waals surface area (Å²) >= 11 is 6.17. The Labute approximate surface area is 115 Å². The number of hydrogen-bond acceptors (Lipinski definition) is 3. The van der Waals surface area contributed by atoms with E-state index in [1.807, 2.05) is 42.5 Å². The number of nitrogens with zero attached hydrogens (tertiary/aromatic N) is 3. The van der Waals surface area contributed by atoms with Crippen molar-refractivity contribution in [3.8, 4) is 16.9 Å². The number of aromatic nitrogens is 3. The summed E-state index contributed by atoms with van der Waals surface area (Å²) in [6.07, 6.45) is 3.40. The lowest BCUT2D eigenvalue weighted by Crippen LogP contribution is -2.01. The van der Waals surface area contributed by atoms with Gasteiger partial charge in [-0.3, -0.25) is 4.98 Å². The van der Waals surface area contributed by atoms with E-state index in [1.54, 1.807) is 17.1 Å². The van der Waals surface area contributed by atoms with Gasteiger partial charge < -0.3 is 5.73 Å². The summed E-state index contributed by atoms with van der Waals surface area (Å²) in [7, 11) is 0. The first-order valence-corrected chi connectivity index (χ1v) is 6.14. The average molecular weight is 271 g/mol. The Balaban J connectivity index is 2.10. The van der Waals surface area contributed by atoms with Crippen molar-refractivity contribution in [3.63, 3.8) is 0 Å². The van der Waals surface area contributed by atoms with Gasteiger partial charge in [-0.1, -0.05) is 29.8 Å². The largest absolute Gasteiger partial charge is 0.384 e. The molecule has 3 rings (SSSR count). The molecule has 0 bridgehead atoms. The molecule has 2 heterocycles. The third kappa shape index (κ3) is 2.18. The summed E-state index contributed by atoms with van der Waals surface area (Å²) in [6, 6.07) is 13.1. The summed E-state index contributed by atoms with van der Waals surface area (Å²) in [5, 5.41) is 5.15. The molecule has 94 valence electrons. The quantitative estimate of drug-likeness (QED) is 0.778. The summed E-state index contributed by atoms with van der Waals surface area (Å²) in [6.45, 7) is 0. The van der Waals surface area contributed by atoms with Crippen LogP contribution in [0.5, 0.6) is 0 Å². The Hall–Kier alpha value is -2.33. The maximum absolute atomic E-state index is 6.17. The van der Waals surface area contributed by atoms with Crippen molar-refractivity contribution < 1.29 is 0 Å². The molecule has 0 aliphatic rings. The maximum Gasteiger partial charge on any atom is 0.127 e. The molecule has 4 nitrogen and oxygen atoms in total. The second-order valence-corrected chi connectivity index (χ2v) is 4.46. The van der Waals surface area contributed by atoms with Crippen LogP contribution in [0.15, 0.2) is 54.9 Å². The van der Waals surface area contributed by atoms with Gasteiger partial charge in [0, 0.05) is 24.0 Å². The van der Waals surface area contributed by atoms with Crippen molar-refractivity contribution in [2.24, 2.45) is 0 Å². The Morgan fingerprint density at radius 1 is 1.05 bits per heavy atom. The van der Waals surface area contributed by atoms with Crippen LogP contribution in [-0.4, -0.2) is 14.8 Å². The summed E-state index contributed by atoms with van der Waals surface area (Å²) in [4.78, 5) is 3.98. The molecular weight excluding hydrogens is 260 g/mol. The van der Waals surface area contributed by atoms with Crippen LogP contribution in [0.4, 0.5) is 5.82 Å². The molecular formula is C14H11ClN4. The zero-order chi connectivity index (χ0) is 13.2. The normalized spacial score (nSPS) is 10.6. The van der Waals surface area contributed by atoms with E-state index in [1.165, 1.54) is 0 Å². The molecule has 0 aliphatic carbocycles. The number of nitrogens with two attached hydrogens (primary N) is 1. The van der Waals surface area contributed by atoms with Crippen LogP contribution in [0.3, 0.4) is 0 Å². The zero-order valence-electron chi connectivity index (χ0n) is 9.99. The van der Waals surface area contributed by atoms with Crippen LogP contribution in [0.1, 0.15) is 0 Å². The van der Waals surface area contributed by atoms with Gasteiger partial charge in [-0.15, -0.1) is 0 Å². The predicted molar refractivity (Wildman–Crippen MR) is 76.2 cm³/mol. The third-order valence-corrected chi connectivity index (χ3v) is 3.12. The van der Waals surface area contributed by atoms with Gasteiger partial charge in [0.15, 0.2) is 0 Å². The maximum atomic E-state index is 6.17. The van der Waals surface area contributed by atoms with Gasteiger partial charge in [-0.2, -0.15) is 5.10 Å². The van der Waals surface area contributed by atoms with E-state index < -0.39 is 0 Å². The van der Waals surface area contributed by atoms with Gasteiger partial charge in [0.1, 0.15) is 5.82 Å². The lowest BCUT2D eigenvalue weighted by Gasteiger charge is -2.02. The van der Waals surface area contributed by atoms with Gasteiger partial charge in [0.25, 0.3) is 0 Å². The highest BCUT2D eigenvalue weighted by molar-refractivity contribution is 6.33. The standard InChI is InChI=1S/C14H11ClN4/c15-12-4-2-1-3-11(12)13-9-14(16)19(18-13)10-5-7-17-8-6-10/h1-9H,16H2. The molecule has 0 spiro atoms. The molecule has 5 heteroatoms. The number of halogens is 1. The third-order valence-electron chi connectivity index (χ3n) is 2.79. The van der Waals surface area contributed by atoms with Crippen LogP contribution >= 0.6 is 11.6 Å². The Bertz CT molecular complexity index is 706. The van der Waals surface area contributed by atoms with E-state index >= 15 is 0 Å². The molecule has 0 radical (unpaired) electrons. The van der Waals surface area contributed by atoms with E-state index in [-0.39, 0.29) is 0 Å². The average Bonchev–Trinajstić information content (AvgIpc) is 2.82. The van der Waals surface area contributed by atoms with E-state index in [2.05, 4.69) is 10.1 Å². The second-order valence-electron chi connectivity index (χ2n) is 4.05. The summed E-state index contributed by atoms with van der Waals surface area (Å²) < 4.78 is 1.67. The van der Waals surface area contributed by atoms with E-state index in [4.69, 9.17) is 17.3 Å². The molecule has 2 N–H and O–H groups in total. The van der Waals surface area contributed by atoms with Gasteiger partial charge in [0.2, 0.25) is 0 Å². The molecule has 0 unspecified atom stereocenters. The number of nitrogen functional groups attached to an aromatic ring is 1. The van der Waals surface area contributed by atoms with Crippen molar-refractivity contribution in [3.05, 3.63) is 59.9 Å². The zero-order valence-corrected chi connectivity index (χ0v) is 10.7. The molecule has 0 aliphatic heterocycles. The van der Waals surface area contributed by atoms with Crippen LogP contribution in [0.25, 0.3) is 16.9 Å². The summed E-state index contributed by atoms with van der Waals surface area (Å²) in [5.41, 5.74) is 8.48. The molecule has 1 aromatic carbocycles. The van der Waals surface area contributed by atoms with E-state index in [0.717, 1.165) is 16.9 Å². The van der Waals surface area contributed by atoms with E-state index in [0.29, 0.717) is 10.8 Å². The first kappa shape index (κ1) is 11.7.